The lowest BCUT2D eigenvalue weighted by atomic mass is 9.90. The van der Waals surface area contributed by atoms with Gasteiger partial charge in [0.05, 0.1) is 49.0 Å². The number of aromatic nitrogens is 4. The molecule has 1 aliphatic heterocycles. The summed E-state index contributed by atoms with van der Waals surface area (Å²) in [5.41, 5.74) is 4.78. The molecule has 7 nitrogen and oxygen atoms in total. The number of hydrogen-bond donors (Lipinski definition) is 2. The van der Waals surface area contributed by atoms with Crippen molar-refractivity contribution in [1.29, 1.82) is 0 Å². The lowest BCUT2D eigenvalue weighted by molar-refractivity contribution is -0.131. The van der Waals surface area contributed by atoms with Gasteiger partial charge in [0.1, 0.15) is 5.75 Å². The first-order chi connectivity index (χ1) is 14.2. The lowest BCUT2D eigenvalue weighted by Crippen LogP contribution is -2.39. The van der Waals surface area contributed by atoms with E-state index < -0.39 is 0 Å². The Morgan fingerprint density at radius 1 is 1.24 bits per heavy atom. The second-order valence-electron chi connectivity index (χ2n) is 7.27. The van der Waals surface area contributed by atoms with Gasteiger partial charge in [-0.05, 0) is 23.8 Å². The van der Waals surface area contributed by atoms with Gasteiger partial charge in [-0.15, -0.1) is 0 Å². The molecule has 2 aromatic heterocycles. The number of benzene rings is 2. The van der Waals surface area contributed by atoms with Crippen LogP contribution in [0.2, 0.25) is 0 Å². The van der Waals surface area contributed by atoms with Crippen molar-refractivity contribution < 1.29 is 9.53 Å². The summed E-state index contributed by atoms with van der Waals surface area (Å²) in [7, 11) is 1.66. The van der Waals surface area contributed by atoms with Crippen molar-refractivity contribution in [2.75, 3.05) is 13.7 Å². The van der Waals surface area contributed by atoms with Crippen LogP contribution >= 0.6 is 0 Å². The molecule has 1 unspecified atom stereocenters. The van der Waals surface area contributed by atoms with Crippen LogP contribution in [0.5, 0.6) is 5.75 Å². The number of aromatic amines is 2. The van der Waals surface area contributed by atoms with Gasteiger partial charge in [-0.1, -0.05) is 30.3 Å². The first-order valence-electron chi connectivity index (χ1n) is 9.59. The average molecular weight is 387 g/mol. The normalized spacial score (nSPS) is 16.0. The second kappa shape index (κ2) is 7.09. The molecule has 2 aromatic carbocycles. The number of fused-ring (bicyclic) bond motifs is 2. The van der Waals surface area contributed by atoms with Crippen molar-refractivity contribution in [3.8, 4) is 5.75 Å². The highest BCUT2D eigenvalue weighted by Crippen LogP contribution is 2.33. The largest absolute Gasteiger partial charge is 0.497 e. The molecule has 3 heterocycles. The van der Waals surface area contributed by atoms with Crippen LogP contribution in [0.25, 0.3) is 10.9 Å². The molecule has 4 aromatic rings. The molecule has 0 bridgehead atoms. The van der Waals surface area contributed by atoms with Gasteiger partial charge in [0, 0.05) is 17.8 Å². The molecule has 2 N–H and O–H groups in total. The van der Waals surface area contributed by atoms with Crippen LogP contribution in [0, 0.1) is 0 Å². The van der Waals surface area contributed by atoms with Gasteiger partial charge in [-0.3, -0.25) is 9.89 Å². The number of carbonyl (C=O) groups excluding carboxylic acids is 1. The van der Waals surface area contributed by atoms with E-state index in [1.54, 1.807) is 13.4 Å². The quantitative estimate of drug-likeness (QED) is 0.564. The van der Waals surface area contributed by atoms with Crippen LogP contribution in [0.4, 0.5) is 0 Å². The number of nitrogens with zero attached hydrogens (tertiary/aromatic N) is 3. The molecule has 0 spiro atoms. The summed E-state index contributed by atoms with van der Waals surface area (Å²) in [6.07, 6.45) is 1.99. The zero-order valence-corrected chi connectivity index (χ0v) is 16.1. The second-order valence-corrected chi connectivity index (χ2v) is 7.27. The number of ether oxygens (including phenoxy) is 1. The summed E-state index contributed by atoms with van der Waals surface area (Å²) in [6.45, 7) is 1.11. The molecule has 7 heteroatoms. The van der Waals surface area contributed by atoms with E-state index in [1.807, 2.05) is 47.4 Å². The SMILES string of the molecule is COc1cccc(C2CN(C(=O)Cc3[nH]nc4ccccc34)Cc3[nH]cnc32)c1. The summed E-state index contributed by atoms with van der Waals surface area (Å²) >= 11 is 0. The first-order valence-corrected chi connectivity index (χ1v) is 9.59. The van der Waals surface area contributed by atoms with Crippen molar-refractivity contribution in [3.63, 3.8) is 0 Å². The van der Waals surface area contributed by atoms with Crippen LogP contribution < -0.4 is 4.74 Å². The molecule has 0 saturated carbocycles. The van der Waals surface area contributed by atoms with E-state index in [9.17, 15) is 4.79 Å². The van der Waals surface area contributed by atoms with Gasteiger partial charge in [-0.2, -0.15) is 5.10 Å². The highest BCUT2D eigenvalue weighted by Gasteiger charge is 2.31. The number of H-pyrrole nitrogens is 2. The maximum atomic E-state index is 13.2. The van der Waals surface area contributed by atoms with Crippen molar-refractivity contribution in [2.24, 2.45) is 0 Å². The van der Waals surface area contributed by atoms with Gasteiger partial charge in [0.25, 0.3) is 0 Å². The topological polar surface area (TPSA) is 86.9 Å². The first kappa shape index (κ1) is 17.5. The Balaban J connectivity index is 1.43. The number of para-hydroxylation sites is 1. The molecule has 5 rings (SSSR count). The Bertz CT molecular complexity index is 1180. The van der Waals surface area contributed by atoms with Gasteiger partial charge in [0.2, 0.25) is 5.91 Å². The lowest BCUT2D eigenvalue weighted by Gasteiger charge is -2.32. The predicted octanol–water partition coefficient (Wildman–Crippen LogP) is 3.01. The molecular weight excluding hydrogens is 366 g/mol. The molecule has 29 heavy (non-hydrogen) atoms. The summed E-state index contributed by atoms with van der Waals surface area (Å²) in [6, 6.07) is 15.8. The minimum Gasteiger partial charge on any atom is -0.497 e. The number of hydrogen-bond acceptors (Lipinski definition) is 4. The van der Waals surface area contributed by atoms with E-state index in [4.69, 9.17) is 4.74 Å². The zero-order chi connectivity index (χ0) is 19.8. The van der Waals surface area contributed by atoms with E-state index in [-0.39, 0.29) is 18.2 Å². The number of nitrogens with one attached hydrogen (secondary N) is 2. The van der Waals surface area contributed by atoms with E-state index in [1.165, 1.54) is 0 Å². The maximum absolute atomic E-state index is 13.2. The molecule has 1 aliphatic rings. The smallest absolute Gasteiger partial charge is 0.228 e. The standard InChI is InChI=1S/C22H21N5O2/c1-29-15-6-4-5-14(9-15)17-11-27(12-20-22(17)24-13-23-20)21(28)10-19-16-7-2-3-8-18(16)25-26-19/h2-9,13,17H,10-12H2,1H3,(H,23,24)(H,25,26). The Kier molecular flexibility index (Phi) is 4.27. The zero-order valence-electron chi connectivity index (χ0n) is 16.1. The third-order valence-corrected chi connectivity index (χ3v) is 5.55. The molecule has 0 saturated heterocycles. The molecule has 0 aliphatic carbocycles. The third-order valence-electron chi connectivity index (χ3n) is 5.55. The van der Waals surface area contributed by atoms with Crippen LogP contribution in [-0.4, -0.2) is 44.6 Å². The van der Waals surface area contributed by atoms with Gasteiger partial charge in [-0.25, -0.2) is 4.98 Å². The number of methoxy groups -OCH3 is 1. The Morgan fingerprint density at radius 2 is 2.14 bits per heavy atom. The number of rotatable bonds is 4. The minimum absolute atomic E-state index is 0.00237. The van der Waals surface area contributed by atoms with Crippen molar-refractivity contribution in [3.05, 3.63) is 77.5 Å². The van der Waals surface area contributed by atoms with Gasteiger partial charge in [0.15, 0.2) is 0 Å². The molecule has 0 fully saturated rings. The van der Waals surface area contributed by atoms with Crippen molar-refractivity contribution in [2.45, 2.75) is 18.9 Å². The highest BCUT2D eigenvalue weighted by atomic mass is 16.5. The summed E-state index contributed by atoms with van der Waals surface area (Å²) < 4.78 is 5.38. The Morgan fingerprint density at radius 3 is 3.03 bits per heavy atom. The summed E-state index contributed by atoms with van der Waals surface area (Å²) in [4.78, 5) is 22.8. The summed E-state index contributed by atoms with van der Waals surface area (Å²) in [5.74, 6) is 0.863. The van der Waals surface area contributed by atoms with Crippen LogP contribution in [0.15, 0.2) is 54.9 Å². The fourth-order valence-corrected chi connectivity index (χ4v) is 4.04. The minimum atomic E-state index is 0.00237. The van der Waals surface area contributed by atoms with Crippen LogP contribution in [-0.2, 0) is 17.8 Å². The molecule has 0 radical (unpaired) electrons. The molecule has 146 valence electrons. The van der Waals surface area contributed by atoms with E-state index >= 15 is 0 Å². The summed E-state index contributed by atoms with van der Waals surface area (Å²) in [5, 5.41) is 8.31. The fraction of sp³-hybridized carbons (Fsp3) is 0.227. The maximum Gasteiger partial charge on any atom is 0.228 e. The molecular formula is C22H21N5O2. The van der Waals surface area contributed by atoms with E-state index in [0.29, 0.717) is 13.1 Å². The average Bonchev–Trinajstić information content (AvgIpc) is 3.40. The highest BCUT2D eigenvalue weighted by molar-refractivity contribution is 5.87. The van der Waals surface area contributed by atoms with Gasteiger partial charge >= 0.3 is 0 Å². The number of carbonyl (C=O) groups is 1. The van der Waals surface area contributed by atoms with E-state index in [0.717, 1.165) is 39.3 Å². The van der Waals surface area contributed by atoms with Crippen LogP contribution in [0.3, 0.4) is 0 Å². The molecule has 1 amide bonds. The van der Waals surface area contributed by atoms with Gasteiger partial charge < -0.3 is 14.6 Å². The van der Waals surface area contributed by atoms with Crippen LogP contribution in [0.1, 0.15) is 28.6 Å². The van der Waals surface area contributed by atoms with Crippen molar-refractivity contribution >= 4 is 16.8 Å². The number of amides is 1. The Labute approximate surface area is 167 Å². The Hall–Kier alpha value is -3.61. The molecule has 1 atom stereocenters. The fourth-order valence-electron chi connectivity index (χ4n) is 4.04. The monoisotopic (exact) mass is 387 g/mol. The third kappa shape index (κ3) is 3.14. The van der Waals surface area contributed by atoms with E-state index in [2.05, 4.69) is 26.2 Å². The predicted molar refractivity (Wildman–Crippen MR) is 109 cm³/mol. The van der Waals surface area contributed by atoms with Crippen molar-refractivity contribution in [1.82, 2.24) is 25.1 Å². The number of imidazole rings is 1.